The number of hydrogen-bond donors (Lipinski definition) is 0. The van der Waals surface area contributed by atoms with Crippen LogP contribution in [-0.4, -0.2) is 87.3 Å². The maximum absolute atomic E-state index is 12.9. The number of anilines is 1. The number of hydrogen-bond acceptors (Lipinski definition) is 5. The van der Waals surface area contributed by atoms with Crippen LogP contribution in [0, 0.1) is 13.8 Å². The minimum Gasteiger partial charge on any atom is -0.369 e. The van der Waals surface area contributed by atoms with Crippen LogP contribution in [0.2, 0.25) is 0 Å². The molecule has 1 amide bonds. The molecule has 2 saturated heterocycles. The zero-order valence-electron chi connectivity index (χ0n) is 19.6. The average Bonchev–Trinajstić information content (AvgIpc) is 2.82. The number of carbonyl (C=O) groups is 1. The lowest BCUT2D eigenvalue weighted by atomic mass is 10.1. The van der Waals surface area contributed by atoms with Crippen LogP contribution in [0.4, 0.5) is 5.69 Å². The first-order chi connectivity index (χ1) is 15.8. The molecule has 2 aromatic rings. The van der Waals surface area contributed by atoms with Crippen molar-refractivity contribution in [2.24, 2.45) is 0 Å². The van der Waals surface area contributed by atoms with E-state index in [1.807, 2.05) is 35.2 Å². The summed E-state index contributed by atoms with van der Waals surface area (Å²) in [5.74, 6) is 0.0993. The highest BCUT2D eigenvalue weighted by Gasteiger charge is 2.30. The Kier molecular flexibility index (Phi) is 7.36. The molecular weight excluding hydrogens is 436 g/mol. The van der Waals surface area contributed by atoms with E-state index in [0.29, 0.717) is 32.7 Å². The molecule has 33 heavy (non-hydrogen) atoms. The fourth-order valence-electron chi connectivity index (χ4n) is 4.61. The van der Waals surface area contributed by atoms with Gasteiger partial charge in [-0.1, -0.05) is 42.5 Å². The molecule has 178 valence electrons. The van der Waals surface area contributed by atoms with Crippen molar-refractivity contribution in [3.8, 4) is 0 Å². The molecule has 0 radical (unpaired) electrons. The molecule has 0 unspecified atom stereocenters. The van der Waals surface area contributed by atoms with Crippen molar-refractivity contribution in [2.75, 3.05) is 63.8 Å². The largest absolute Gasteiger partial charge is 0.369 e. The lowest BCUT2D eigenvalue weighted by molar-refractivity contribution is -0.133. The molecule has 0 spiro atoms. The van der Waals surface area contributed by atoms with Crippen molar-refractivity contribution in [1.82, 2.24) is 14.1 Å². The van der Waals surface area contributed by atoms with Crippen LogP contribution in [-0.2, 0) is 20.6 Å². The van der Waals surface area contributed by atoms with Gasteiger partial charge in [0, 0.05) is 58.0 Å². The Bertz CT molecular complexity index is 1060. The number of aryl methyl sites for hydroxylation is 1. The molecule has 4 rings (SSSR count). The Balaban J connectivity index is 1.24. The summed E-state index contributed by atoms with van der Waals surface area (Å²) in [5.41, 5.74) is 4.70. The van der Waals surface area contributed by atoms with Gasteiger partial charge in [0.25, 0.3) is 0 Å². The summed E-state index contributed by atoms with van der Waals surface area (Å²) in [6.07, 6.45) is 0. The van der Waals surface area contributed by atoms with E-state index in [2.05, 4.69) is 41.8 Å². The van der Waals surface area contributed by atoms with E-state index >= 15 is 0 Å². The van der Waals surface area contributed by atoms with Crippen LogP contribution in [0.25, 0.3) is 0 Å². The molecule has 0 atom stereocenters. The number of benzene rings is 2. The first kappa shape index (κ1) is 23.7. The highest BCUT2D eigenvalue weighted by molar-refractivity contribution is 7.88. The number of amides is 1. The van der Waals surface area contributed by atoms with Gasteiger partial charge in [0.15, 0.2) is 0 Å². The Hall–Kier alpha value is -2.42. The third-order valence-corrected chi connectivity index (χ3v) is 8.67. The molecule has 0 aromatic heterocycles. The van der Waals surface area contributed by atoms with E-state index in [0.717, 1.165) is 31.7 Å². The van der Waals surface area contributed by atoms with Crippen LogP contribution in [0.3, 0.4) is 0 Å². The normalized spacial score (nSPS) is 18.5. The van der Waals surface area contributed by atoms with Crippen molar-refractivity contribution in [2.45, 2.75) is 19.6 Å². The van der Waals surface area contributed by atoms with Gasteiger partial charge in [-0.3, -0.25) is 9.69 Å². The minimum atomic E-state index is -3.37. The van der Waals surface area contributed by atoms with E-state index in [-0.39, 0.29) is 11.7 Å². The topological polar surface area (TPSA) is 64.2 Å². The highest BCUT2D eigenvalue weighted by Crippen LogP contribution is 2.24. The molecule has 0 saturated carbocycles. The van der Waals surface area contributed by atoms with Crippen LogP contribution in [0.5, 0.6) is 0 Å². The highest BCUT2D eigenvalue weighted by atomic mass is 32.2. The van der Waals surface area contributed by atoms with Gasteiger partial charge in [0.2, 0.25) is 15.9 Å². The molecule has 2 heterocycles. The monoisotopic (exact) mass is 470 g/mol. The van der Waals surface area contributed by atoms with Crippen LogP contribution < -0.4 is 4.90 Å². The van der Waals surface area contributed by atoms with Crippen molar-refractivity contribution in [3.05, 3.63) is 65.2 Å². The molecule has 2 aliphatic rings. The Morgan fingerprint density at radius 2 is 1.48 bits per heavy atom. The summed E-state index contributed by atoms with van der Waals surface area (Å²) in [6.45, 7) is 9.85. The third-order valence-electron chi connectivity index (χ3n) is 6.82. The molecule has 7 nitrogen and oxygen atoms in total. The second-order valence-corrected chi connectivity index (χ2v) is 11.0. The summed E-state index contributed by atoms with van der Waals surface area (Å²) < 4.78 is 27.0. The summed E-state index contributed by atoms with van der Waals surface area (Å²) in [6, 6.07) is 15.7. The van der Waals surface area contributed by atoms with Gasteiger partial charge in [0.05, 0.1) is 12.3 Å². The van der Waals surface area contributed by atoms with Gasteiger partial charge in [-0.05, 0) is 36.6 Å². The van der Waals surface area contributed by atoms with Crippen LogP contribution in [0.15, 0.2) is 48.5 Å². The fraction of sp³-hybridized carbons (Fsp3) is 0.480. The lowest BCUT2D eigenvalue weighted by Gasteiger charge is -2.38. The standard InChI is InChI=1S/C25H34N4O3S/c1-21-7-6-10-24(22(21)2)27-13-11-26(12-14-27)19-25(30)28-15-17-29(18-16-28)33(31,32)20-23-8-4-3-5-9-23/h3-10H,11-20H2,1-2H3. The second-order valence-electron chi connectivity index (χ2n) is 9.00. The van der Waals surface area contributed by atoms with E-state index in [1.165, 1.54) is 21.1 Å². The molecule has 8 heteroatoms. The predicted octanol–water partition coefficient (Wildman–Crippen LogP) is 2.10. The first-order valence-electron chi connectivity index (χ1n) is 11.7. The predicted molar refractivity (Wildman–Crippen MR) is 132 cm³/mol. The molecule has 0 bridgehead atoms. The third kappa shape index (κ3) is 5.75. The van der Waals surface area contributed by atoms with E-state index in [1.54, 1.807) is 0 Å². The average molecular weight is 471 g/mol. The van der Waals surface area contributed by atoms with Gasteiger partial charge in [-0.15, -0.1) is 0 Å². The van der Waals surface area contributed by atoms with Gasteiger partial charge < -0.3 is 9.80 Å². The zero-order chi connectivity index (χ0) is 23.4. The number of rotatable bonds is 6. The van der Waals surface area contributed by atoms with Crippen LogP contribution in [0.1, 0.15) is 16.7 Å². The summed E-state index contributed by atoms with van der Waals surface area (Å²) in [4.78, 5) is 19.3. The zero-order valence-corrected chi connectivity index (χ0v) is 20.4. The van der Waals surface area contributed by atoms with E-state index in [4.69, 9.17) is 0 Å². The smallest absolute Gasteiger partial charge is 0.236 e. The number of sulfonamides is 1. The quantitative estimate of drug-likeness (QED) is 0.647. The second kappa shape index (κ2) is 10.2. The number of nitrogens with zero attached hydrogens (tertiary/aromatic N) is 4. The summed E-state index contributed by atoms with van der Waals surface area (Å²) in [7, 11) is -3.37. The SMILES string of the molecule is Cc1cccc(N2CCN(CC(=O)N3CCN(S(=O)(=O)Cc4ccccc4)CC3)CC2)c1C. The fourth-order valence-corrected chi connectivity index (χ4v) is 6.12. The maximum atomic E-state index is 12.9. The summed E-state index contributed by atoms with van der Waals surface area (Å²) >= 11 is 0. The molecule has 0 N–H and O–H groups in total. The first-order valence-corrected chi connectivity index (χ1v) is 13.3. The van der Waals surface area contributed by atoms with E-state index < -0.39 is 10.0 Å². The van der Waals surface area contributed by atoms with Crippen molar-refractivity contribution < 1.29 is 13.2 Å². The van der Waals surface area contributed by atoms with Gasteiger partial charge >= 0.3 is 0 Å². The maximum Gasteiger partial charge on any atom is 0.236 e. The Morgan fingerprint density at radius 3 is 2.15 bits per heavy atom. The minimum absolute atomic E-state index is 0.00643. The molecule has 2 aliphatic heterocycles. The summed E-state index contributed by atoms with van der Waals surface area (Å²) in [5, 5.41) is 0. The van der Waals surface area contributed by atoms with E-state index in [9.17, 15) is 13.2 Å². The van der Waals surface area contributed by atoms with Crippen molar-refractivity contribution in [1.29, 1.82) is 0 Å². The number of piperazine rings is 2. The van der Waals surface area contributed by atoms with Gasteiger partial charge in [-0.2, -0.15) is 4.31 Å². The lowest BCUT2D eigenvalue weighted by Crippen LogP contribution is -2.54. The Labute approximate surface area is 197 Å². The molecule has 2 aromatic carbocycles. The molecular formula is C25H34N4O3S. The molecule has 0 aliphatic carbocycles. The van der Waals surface area contributed by atoms with Gasteiger partial charge in [0.1, 0.15) is 0 Å². The Morgan fingerprint density at radius 1 is 0.818 bits per heavy atom. The van der Waals surface area contributed by atoms with Crippen molar-refractivity contribution in [3.63, 3.8) is 0 Å². The number of carbonyl (C=O) groups excluding carboxylic acids is 1. The van der Waals surface area contributed by atoms with Gasteiger partial charge in [-0.25, -0.2) is 8.42 Å². The van der Waals surface area contributed by atoms with Crippen LogP contribution >= 0.6 is 0 Å². The van der Waals surface area contributed by atoms with Crippen molar-refractivity contribution >= 4 is 21.6 Å². The molecule has 2 fully saturated rings.